The number of hydrogen-bond donors (Lipinski definition) is 2. The lowest BCUT2D eigenvalue weighted by atomic mass is 9.93. The minimum atomic E-state index is -0.384. The highest BCUT2D eigenvalue weighted by Gasteiger charge is 2.25. The third kappa shape index (κ3) is 4.47. The number of benzene rings is 1. The molecule has 1 atom stereocenters. The molecule has 24 heavy (non-hydrogen) atoms. The molecule has 0 bridgehead atoms. The van der Waals surface area contributed by atoms with Crippen LogP contribution in [0.15, 0.2) is 47.1 Å². The second kappa shape index (κ2) is 7.34. The van der Waals surface area contributed by atoms with Crippen molar-refractivity contribution in [3.63, 3.8) is 0 Å². The molecule has 0 spiro atoms. The van der Waals surface area contributed by atoms with E-state index >= 15 is 0 Å². The van der Waals surface area contributed by atoms with Crippen LogP contribution < -0.4 is 10.6 Å². The molecular weight excluding hydrogens is 304 g/mol. The van der Waals surface area contributed by atoms with Crippen molar-refractivity contribution >= 4 is 11.8 Å². The van der Waals surface area contributed by atoms with Crippen molar-refractivity contribution in [2.45, 2.75) is 38.1 Å². The zero-order chi connectivity index (χ0) is 16.9. The normalized spacial score (nSPS) is 14.9. The Morgan fingerprint density at radius 1 is 1.21 bits per heavy atom. The second-order valence-electron chi connectivity index (χ2n) is 6.31. The summed E-state index contributed by atoms with van der Waals surface area (Å²) in [6.45, 7) is 2.02. The van der Waals surface area contributed by atoms with E-state index in [0.717, 1.165) is 29.7 Å². The highest BCUT2D eigenvalue weighted by molar-refractivity contribution is 5.88. The first-order valence-corrected chi connectivity index (χ1v) is 8.28. The van der Waals surface area contributed by atoms with Gasteiger partial charge in [0.1, 0.15) is 5.76 Å². The fourth-order valence-corrected chi connectivity index (χ4v) is 2.59. The van der Waals surface area contributed by atoms with Crippen molar-refractivity contribution in [1.82, 2.24) is 10.6 Å². The van der Waals surface area contributed by atoms with E-state index in [1.54, 1.807) is 6.26 Å². The van der Waals surface area contributed by atoms with Crippen LogP contribution in [0.5, 0.6) is 0 Å². The van der Waals surface area contributed by atoms with Crippen LogP contribution in [-0.4, -0.2) is 24.4 Å². The van der Waals surface area contributed by atoms with Gasteiger partial charge in [0.05, 0.1) is 18.7 Å². The van der Waals surface area contributed by atoms with Gasteiger partial charge in [-0.15, -0.1) is 0 Å². The molecule has 1 saturated carbocycles. The Kier molecular flexibility index (Phi) is 4.99. The molecule has 1 aromatic heterocycles. The van der Waals surface area contributed by atoms with E-state index in [-0.39, 0.29) is 24.3 Å². The van der Waals surface area contributed by atoms with Gasteiger partial charge in [-0.3, -0.25) is 9.59 Å². The number of carbonyl (C=O) groups is 2. The molecule has 3 rings (SSSR count). The Balaban J connectivity index is 1.66. The number of nitrogens with one attached hydrogen (secondary N) is 2. The van der Waals surface area contributed by atoms with Gasteiger partial charge in [-0.05, 0) is 37.5 Å². The zero-order valence-corrected chi connectivity index (χ0v) is 13.7. The van der Waals surface area contributed by atoms with Gasteiger partial charge < -0.3 is 15.1 Å². The van der Waals surface area contributed by atoms with Crippen LogP contribution in [0.25, 0.3) is 0 Å². The summed E-state index contributed by atoms with van der Waals surface area (Å²) in [6, 6.07) is 11.8. The van der Waals surface area contributed by atoms with Crippen molar-refractivity contribution in [3.05, 3.63) is 59.5 Å². The molecule has 1 unspecified atom stereocenters. The Labute approximate surface area is 141 Å². The van der Waals surface area contributed by atoms with Gasteiger partial charge >= 0.3 is 0 Å². The lowest BCUT2D eigenvalue weighted by molar-refractivity contribution is -0.127. The molecule has 0 saturated heterocycles. The molecule has 0 aliphatic heterocycles. The Hall–Kier alpha value is -2.56. The van der Waals surface area contributed by atoms with Crippen LogP contribution in [-0.2, 0) is 16.0 Å². The van der Waals surface area contributed by atoms with Crippen LogP contribution in [0.4, 0.5) is 0 Å². The first-order valence-electron chi connectivity index (χ1n) is 8.28. The summed E-state index contributed by atoms with van der Waals surface area (Å²) in [7, 11) is 0. The molecule has 1 aromatic carbocycles. The van der Waals surface area contributed by atoms with E-state index in [1.807, 2.05) is 43.3 Å². The fourth-order valence-electron chi connectivity index (χ4n) is 2.59. The molecule has 5 nitrogen and oxygen atoms in total. The van der Waals surface area contributed by atoms with Gasteiger partial charge in [0, 0.05) is 12.5 Å². The van der Waals surface area contributed by atoms with Gasteiger partial charge in [0.2, 0.25) is 11.8 Å². The van der Waals surface area contributed by atoms with E-state index in [4.69, 9.17) is 4.42 Å². The molecule has 5 heteroatoms. The summed E-state index contributed by atoms with van der Waals surface area (Å²) in [5.41, 5.74) is 2.05. The minimum absolute atomic E-state index is 0.00977. The number of carbonyl (C=O) groups excluding carboxylic acids is 2. The molecular formula is C19H22N2O3. The summed E-state index contributed by atoms with van der Waals surface area (Å²) in [5.74, 6) is 0.0661. The molecule has 2 aromatic rings. The van der Waals surface area contributed by atoms with Crippen LogP contribution >= 0.6 is 0 Å². The van der Waals surface area contributed by atoms with Crippen molar-refractivity contribution in [3.8, 4) is 0 Å². The summed E-state index contributed by atoms with van der Waals surface area (Å²) in [5, 5.41) is 5.62. The predicted molar refractivity (Wildman–Crippen MR) is 90.5 cm³/mol. The van der Waals surface area contributed by atoms with E-state index in [2.05, 4.69) is 10.6 Å². The Morgan fingerprint density at radius 2 is 1.96 bits per heavy atom. The van der Waals surface area contributed by atoms with Gasteiger partial charge in [0.15, 0.2) is 0 Å². The van der Waals surface area contributed by atoms with Crippen molar-refractivity contribution in [1.29, 1.82) is 0 Å². The lowest BCUT2D eigenvalue weighted by Gasteiger charge is -2.16. The monoisotopic (exact) mass is 326 g/mol. The number of aryl methyl sites for hydroxylation is 1. The molecule has 2 amide bonds. The largest absolute Gasteiger partial charge is 0.469 e. The van der Waals surface area contributed by atoms with Crippen molar-refractivity contribution in [2.75, 3.05) is 6.54 Å². The lowest BCUT2D eigenvalue weighted by Crippen LogP contribution is -2.40. The Morgan fingerprint density at radius 3 is 2.58 bits per heavy atom. The Bertz CT molecular complexity index is 688. The summed E-state index contributed by atoms with van der Waals surface area (Å²) < 4.78 is 5.39. The maximum atomic E-state index is 12.6. The highest BCUT2D eigenvalue weighted by atomic mass is 16.3. The molecule has 126 valence electrons. The van der Waals surface area contributed by atoms with E-state index in [9.17, 15) is 9.59 Å². The first kappa shape index (κ1) is 16.3. The topological polar surface area (TPSA) is 71.3 Å². The third-order valence-electron chi connectivity index (χ3n) is 4.15. The number of furan rings is 1. The first-order chi connectivity index (χ1) is 11.6. The van der Waals surface area contributed by atoms with Crippen LogP contribution in [0.2, 0.25) is 0 Å². The second-order valence-corrected chi connectivity index (χ2v) is 6.31. The SMILES string of the molecule is Cc1ccc(C(Cc2ccco2)C(=O)NCC(=O)NC2CC2)cc1. The van der Waals surface area contributed by atoms with E-state index in [1.165, 1.54) is 0 Å². The number of amides is 2. The number of hydrogen-bond acceptors (Lipinski definition) is 3. The standard InChI is InChI=1S/C19H22N2O3/c1-13-4-6-14(7-5-13)17(11-16-3-2-10-24-16)19(23)20-12-18(22)21-15-8-9-15/h2-7,10,15,17H,8-9,11-12H2,1H3,(H,20,23)(H,21,22). The predicted octanol–water partition coefficient (Wildman–Crippen LogP) is 2.31. The average Bonchev–Trinajstić information content (AvgIpc) is 3.23. The van der Waals surface area contributed by atoms with Crippen molar-refractivity contribution < 1.29 is 14.0 Å². The maximum absolute atomic E-state index is 12.6. The van der Waals surface area contributed by atoms with E-state index < -0.39 is 0 Å². The van der Waals surface area contributed by atoms with Crippen LogP contribution in [0, 0.1) is 6.92 Å². The average molecular weight is 326 g/mol. The molecule has 0 radical (unpaired) electrons. The quantitative estimate of drug-likeness (QED) is 0.820. The molecule has 1 aliphatic carbocycles. The molecule has 2 N–H and O–H groups in total. The van der Waals surface area contributed by atoms with Gasteiger partial charge in [0.25, 0.3) is 0 Å². The zero-order valence-electron chi connectivity index (χ0n) is 13.7. The minimum Gasteiger partial charge on any atom is -0.469 e. The smallest absolute Gasteiger partial charge is 0.239 e. The van der Waals surface area contributed by atoms with Crippen molar-refractivity contribution in [2.24, 2.45) is 0 Å². The molecule has 1 fully saturated rings. The summed E-state index contributed by atoms with van der Waals surface area (Å²) in [6.07, 6.45) is 4.13. The van der Waals surface area contributed by atoms with E-state index in [0.29, 0.717) is 12.5 Å². The highest BCUT2D eigenvalue weighted by Crippen LogP contribution is 2.22. The van der Waals surface area contributed by atoms with Gasteiger partial charge in [-0.25, -0.2) is 0 Å². The van der Waals surface area contributed by atoms with Crippen LogP contribution in [0.3, 0.4) is 0 Å². The maximum Gasteiger partial charge on any atom is 0.239 e. The number of rotatable bonds is 7. The third-order valence-corrected chi connectivity index (χ3v) is 4.15. The van der Waals surface area contributed by atoms with Gasteiger partial charge in [-0.1, -0.05) is 29.8 Å². The molecule has 1 aliphatic rings. The van der Waals surface area contributed by atoms with Gasteiger partial charge in [-0.2, -0.15) is 0 Å². The summed E-state index contributed by atoms with van der Waals surface area (Å²) in [4.78, 5) is 24.4. The van der Waals surface area contributed by atoms with Crippen LogP contribution in [0.1, 0.15) is 35.6 Å². The molecule has 1 heterocycles. The summed E-state index contributed by atoms with van der Waals surface area (Å²) >= 11 is 0. The fraction of sp³-hybridized carbons (Fsp3) is 0.368.